The Morgan fingerprint density at radius 1 is 1.38 bits per heavy atom. The fourth-order valence-corrected chi connectivity index (χ4v) is 3.38. The van der Waals surface area contributed by atoms with Gasteiger partial charge in [-0.05, 0) is 42.0 Å². The van der Waals surface area contributed by atoms with Crippen molar-refractivity contribution >= 4 is 11.3 Å². The number of thiophene rings is 1. The summed E-state index contributed by atoms with van der Waals surface area (Å²) < 4.78 is 5.52. The largest absolute Gasteiger partial charge is 0.493 e. The van der Waals surface area contributed by atoms with Gasteiger partial charge >= 0.3 is 0 Å². The zero-order valence-corrected chi connectivity index (χ0v) is 13.0. The standard InChI is InChI=1S/C17H21NO2S/c1-12(9-15(19)17-3-2-8-21-17)18-11-13-4-5-16-14(10-13)6-7-20-16/h2-5,8,10,12,15,18-19H,6-7,9,11H2,1H3/t12-,15-/m0/s1. The number of rotatable bonds is 6. The lowest BCUT2D eigenvalue weighted by Gasteiger charge is -2.17. The summed E-state index contributed by atoms with van der Waals surface area (Å²) in [6.45, 7) is 3.74. The average molecular weight is 303 g/mol. The molecule has 1 aliphatic rings. The quantitative estimate of drug-likeness (QED) is 0.860. The van der Waals surface area contributed by atoms with Crippen molar-refractivity contribution in [2.75, 3.05) is 6.61 Å². The lowest BCUT2D eigenvalue weighted by molar-refractivity contribution is 0.157. The van der Waals surface area contributed by atoms with E-state index in [0.29, 0.717) is 0 Å². The summed E-state index contributed by atoms with van der Waals surface area (Å²) in [5.41, 5.74) is 2.58. The number of nitrogens with one attached hydrogen (secondary N) is 1. The number of benzene rings is 1. The van der Waals surface area contributed by atoms with E-state index in [-0.39, 0.29) is 12.1 Å². The molecule has 0 saturated carbocycles. The van der Waals surface area contributed by atoms with Gasteiger partial charge in [0.2, 0.25) is 0 Å². The minimum absolute atomic E-state index is 0.270. The molecule has 0 amide bonds. The summed E-state index contributed by atoms with van der Waals surface area (Å²) in [4.78, 5) is 1.04. The monoisotopic (exact) mass is 303 g/mol. The Morgan fingerprint density at radius 2 is 2.29 bits per heavy atom. The molecular weight excluding hydrogens is 282 g/mol. The fraction of sp³-hybridized carbons (Fsp3) is 0.412. The Kier molecular flexibility index (Phi) is 4.58. The molecule has 2 N–H and O–H groups in total. The van der Waals surface area contributed by atoms with Gasteiger partial charge < -0.3 is 15.2 Å². The molecule has 1 aliphatic heterocycles. The van der Waals surface area contributed by atoms with E-state index in [4.69, 9.17) is 4.74 Å². The number of hydrogen-bond donors (Lipinski definition) is 2. The highest BCUT2D eigenvalue weighted by Gasteiger charge is 2.14. The summed E-state index contributed by atoms with van der Waals surface area (Å²) in [6.07, 6.45) is 1.37. The van der Waals surface area contributed by atoms with Crippen molar-refractivity contribution in [3.63, 3.8) is 0 Å². The fourth-order valence-electron chi connectivity index (χ4n) is 2.66. The van der Waals surface area contributed by atoms with Crippen molar-refractivity contribution in [2.24, 2.45) is 0 Å². The minimum Gasteiger partial charge on any atom is -0.493 e. The van der Waals surface area contributed by atoms with E-state index in [1.165, 1.54) is 11.1 Å². The van der Waals surface area contributed by atoms with Crippen LogP contribution < -0.4 is 10.1 Å². The van der Waals surface area contributed by atoms with Crippen molar-refractivity contribution in [2.45, 2.75) is 38.5 Å². The summed E-state index contributed by atoms with van der Waals surface area (Å²) in [5.74, 6) is 1.03. The molecule has 2 aromatic rings. The van der Waals surface area contributed by atoms with Crippen molar-refractivity contribution in [3.05, 3.63) is 51.7 Å². The van der Waals surface area contributed by atoms with Gasteiger partial charge in [-0.25, -0.2) is 0 Å². The summed E-state index contributed by atoms with van der Waals surface area (Å²) >= 11 is 1.61. The van der Waals surface area contributed by atoms with Gasteiger partial charge in [0.25, 0.3) is 0 Å². The summed E-state index contributed by atoms with van der Waals surface area (Å²) in [7, 11) is 0. The Hall–Kier alpha value is -1.36. The first kappa shape index (κ1) is 14.6. The first-order valence-corrected chi connectivity index (χ1v) is 8.30. The molecule has 0 bridgehead atoms. The third kappa shape index (κ3) is 3.64. The second-order valence-electron chi connectivity index (χ2n) is 5.59. The van der Waals surface area contributed by atoms with Gasteiger partial charge in [-0.1, -0.05) is 18.2 Å². The van der Waals surface area contributed by atoms with Gasteiger partial charge in [-0.3, -0.25) is 0 Å². The van der Waals surface area contributed by atoms with Crippen LogP contribution in [-0.4, -0.2) is 17.8 Å². The van der Waals surface area contributed by atoms with Crippen LogP contribution in [0.25, 0.3) is 0 Å². The normalized spacial score (nSPS) is 16.3. The molecule has 3 rings (SSSR count). The molecule has 1 aromatic heterocycles. The van der Waals surface area contributed by atoms with Gasteiger partial charge in [0.1, 0.15) is 5.75 Å². The first-order valence-electron chi connectivity index (χ1n) is 7.42. The molecule has 0 radical (unpaired) electrons. The number of aliphatic hydroxyl groups is 1. The molecule has 21 heavy (non-hydrogen) atoms. The van der Waals surface area contributed by atoms with E-state index in [1.54, 1.807) is 11.3 Å². The second-order valence-corrected chi connectivity index (χ2v) is 6.57. The summed E-state index contributed by atoms with van der Waals surface area (Å²) in [5, 5.41) is 15.6. The highest BCUT2D eigenvalue weighted by Crippen LogP contribution is 2.26. The predicted molar refractivity (Wildman–Crippen MR) is 85.8 cm³/mol. The van der Waals surface area contributed by atoms with Crippen LogP contribution in [0, 0.1) is 0 Å². The molecule has 2 heterocycles. The number of ether oxygens (including phenoxy) is 1. The minimum atomic E-state index is -0.374. The van der Waals surface area contributed by atoms with E-state index in [1.807, 2.05) is 17.5 Å². The van der Waals surface area contributed by atoms with E-state index >= 15 is 0 Å². The Bertz CT molecular complexity index is 582. The van der Waals surface area contributed by atoms with Gasteiger partial charge in [0, 0.05) is 23.9 Å². The molecule has 4 heteroatoms. The lowest BCUT2D eigenvalue weighted by atomic mass is 10.1. The molecule has 0 fully saturated rings. The van der Waals surface area contributed by atoms with Gasteiger partial charge in [-0.15, -0.1) is 11.3 Å². The van der Waals surface area contributed by atoms with E-state index in [9.17, 15) is 5.11 Å². The van der Waals surface area contributed by atoms with Crippen LogP contribution in [0.2, 0.25) is 0 Å². The van der Waals surface area contributed by atoms with Crippen molar-refractivity contribution < 1.29 is 9.84 Å². The van der Waals surface area contributed by atoms with Gasteiger partial charge in [0.15, 0.2) is 0 Å². The van der Waals surface area contributed by atoms with Crippen molar-refractivity contribution in [1.29, 1.82) is 0 Å². The summed E-state index contributed by atoms with van der Waals surface area (Å²) in [6, 6.07) is 10.6. The lowest BCUT2D eigenvalue weighted by Crippen LogP contribution is -2.27. The van der Waals surface area contributed by atoms with E-state index < -0.39 is 0 Å². The van der Waals surface area contributed by atoms with Crippen LogP contribution in [-0.2, 0) is 13.0 Å². The third-order valence-electron chi connectivity index (χ3n) is 3.86. The zero-order chi connectivity index (χ0) is 14.7. The topological polar surface area (TPSA) is 41.5 Å². The number of aliphatic hydroxyl groups excluding tert-OH is 1. The van der Waals surface area contributed by atoms with Crippen LogP contribution in [0.3, 0.4) is 0 Å². The number of fused-ring (bicyclic) bond motifs is 1. The highest BCUT2D eigenvalue weighted by atomic mass is 32.1. The molecule has 0 unspecified atom stereocenters. The molecule has 2 atom stereocenters. The van der Waals surface area contributed by atoms with Crippen LogP contribution in [0.1, 0.15) is 35.5 Å². The van der Waals surface area contributed by atoms with Gasteiger partial charge in [0.05, 0.1) is 12.7 Å². The Morgan fingerprint density at radius 3 is 3.10 bits per heavy atom. The van der Waals surface area contributed by atoms with Crippen molar-refractivity contribution in [1.82, 2.24) is 5.32 Å². The SMILES string of the molecule is C[C@@H](C[C@H](O)c1cccs1)NCc1ccc2c(c1)CCO2. The Labute approximate surface area is 129 Å². The predicted octanol–water partition coefficient (Wildman–Crippen LogP) is 3.28. The smallest absolute Gasteiger partial charge is 0.122 e. The van der Waals surface area contributed by atoms with Crippen LogP contribution >= 0.6 is 11.3 Å². The van der Waals surface area contributed by atoms with Crippen molar-refractivity contribution in [3.8, 4) is 5.75 Å². The Balaban J connectivity index is 1.50. The number of hydrogen-bond acceptors (Lipinski definition) is 4. The highest BCUT2D eigenvalue weighted by molar-refractivity contribution is 7.10. The molecule has 0 aliphatic carbocycles. The molecular formula is C17H21NO2S. The first-order chi connectivity index (χ1) is 10.2. The zero-order valence-electron chi connectivity index (χ0n) is 12.2. The molecule has 1 aromatic carbocycles. The maximum Gasteiger partial charge on any atom is 0.122 e. The molecule has 112 valence electrons. The maximum absolute atomic E-state index is 10.2. The third-order valence-corrected chi connectivity index (χ3v) is 4.83. The van der Waals surface area contributed by atoms with Crippen LogP contribution in [0.5, 0.6) is 5.75 Å². The van der Waals surface area contributed by atoms with Crippen LogP contribution in [0.15, 0.2) is 35.7 Å². The molecule has 0 saturated heterocycles. The average Bonchev–Trinajstić information content (AvgIpc) is 3.15. The van der Waals surface area contributed by atoms with Crippen LogP contribution in [0.4, 0.5) is 0 Å². The molecule has 0 spiro atoms. The van der Waals surface area contributed by atoms with E-state index in [2.05, 4.69) is 30.4 Å². The van der Waals surface area contributed by atoms with E-state index in [0.717, 1.165) is 36.6 Å². The second kappa shape index (κ2) is 6.60. The van der Waals surface area contributed by atoms with Gasteiger partial charge in [-0.2, -0.15) is 0 Å². The molecule has 3 nitrogen and oxygen atoms in total. The maximum atomic E-state index is 10.2.